The number of pyridine rings is 1. The van der Waals surface area contributed by atoms with E-state index in [-0.39, 0.29) is 10.5 Å². The highest BCUT2D eigenvalue weighted by atomic mass is 32.2. The molecule has 0 unspecified atom stereocenters. The molecule has 0 atom stereocenters. The summed E-state index contributed by atoms with van der Waals surface area (Å²) in [6.07, 6.45) is 4.39. The van der Waals surface area contributed by atoms with Crippen LogP contribution >= 0.6 is 0 Å². The molecule has 32 heavy (non-hydrogen) atoms. The van der Waals surface area contributed by atoms with E-state index in [9.17, 15) is 13.2 Å². The minimum Gasteiger partial charge on any atom is -0.267 e. The molecule has 3 aromatic rings. The fraction of sp³-hybridized carbons (Fsp3) is 0.208. The van der Waals surface area contributed by atoms with Crippen molar-refractivity contribution in [1.29, 1.82) is 0 Å². The predicted molar refractivity (Wildman–Crippen MR) is 123 cm³/mol. The minimum atomic E-state index is -3.63. The number of hydrogen-bond acceptors (Lipinski definition) is 5. The van der Waals surface area contributed by atoms with E-state index in [2.05, 4.69) is 15.5 Å². The van der Waals surface area contributed by atoms with Crippen LogP contribution in [-0.4, -0.2) is 42.4 Å². The summed E-state index contributed by atoms with van der Waals surface area (Å²) in [5, 5.41) is 4.32. The zero-order chi connectivity index (χ0) is 22.4. The average molecular weight is 449 g/mol. The van der Waals surface area contributed by atoms with E-state index in [1.807, 2.05) is 42.5 Å². The molecule has 1 saturated heterocycles. The van der Waals surface area contributed by atoms with Crippen molar-refractivity contribution in [2.24, 2.45) is 5.10 Å². The Hall–Kier alpha value is -3.36. The molecule has 1 aliphatic heterocycles. The number of hydrogen-bond donors (Lipinski definition) is 1. The van der Waals surface area contributed by atoms with Gasteiger partial charge in [-0.05, 0) is 43.2 Å². The number of aromatic nitrogens is 1. The summed E-state index contributed by atoms with van der Waals surface area (Å²) in [5.74, 6) is -0.495. The highest BCUT2D eigenvalue weighted by molar-refractivity contribution is 7.89. The van der Waals surface area contributed by atoms with Crippen LogP contribution in [0.3, 0.4) is 0 Å². The molecule has 7 nitrogen and oxygen atoms in total. The molecule has 0 radical (unpaired) electrons. The molecule has 1 amide bonds. The quantitative estimate of drug-likeness (QED) is 0.462. The van der Waals surface area contributed by atoms with Gasteiger partial charge in [0, 0.05) is 30.4 Å². The van der Waals surface area contributed by atoms with Gasteiger partial charge in [0.2, 0.25) is 10.0 Å². The van der Waals surface area contributed by atoms with Gasteiger partial charge in [-0.1, -0.05) is 48.9 Å². The lowest BCUT2D eigenvalue weighted by Gasteiger charge is -2.25. The van der Waals surface area contributed by atoms with E-state index < -0.39 is 15.9 Å². The van der Waals surface area contributed by atoms with E-state index in [4.69, 9.17) is 0 Å². The summed E-state index contributed by atoms with van der Waals surface area (Å²) in [4.78, 5) is 17.3. The van der Waals surface area contributed by atoms with E-state index >= 15 is 0 Å². The topological polar surface area (TPSA) is 91.7 Å². The first kappa shape index (κ1) is 21.9. The number of piperidine rings is 1. The van der Waals surface area contributed by atoms with Crippen LogP contribution < -0.4 is 5.43 Å². The van der Waals surface area contributed by atoms with Crippen molar-refractivity contribution in [2.75, 3.05) is 13.1 Å². The maximum absolute atomic E-state index is 13.0. The van der Waals surface area contributed by atoms with Gasteiger partial charge in [0.15, 0.2) is 0 Å². The molecule has 1 N–H and O–H groups in total. The number of carbonyl (C=O) groups is 1. The first-order valence-corrected chi connectivity index (χ1v) is 11.9. The van der Waals surface area contributed by atoms with Crippen LogP contribution in [0.4, 0.5) is 0 Å². The monoisotopic (exact) mass is 448 g/mol. The molecule has 8 heteroatoms. The smallest absolute Gasteiger partial charge is 0.267 e. The van der Waals surface area contributed by atoms with Crippen molar-refractivity contribution in [1.82, 2.24) is 14.7 Å². The normalized spacial score (nSPS) is 15.3. The molecule has 0 bridgehead atoms. The molecule has 2 heterocycles. The lowest BCUT2D eigenvalue weighted by atomic mass is 10.1. The second-order valence-corrected chi connectivity index (χ2v) is 9.41. The maximum Gasteiger partial charge on any atom is 0.271 e. The molecule has 1 aliphatic rings. The fourth-order valence-corrected chi connectivity index (χ4v) is 5.16. The summed E-state index contributed by atoms with van der Waals surface area (Å²) in [7, 11) is -3.63. The molecular weight excluding hydrogens is 424 g/mol. The van der Waals surface area contributed by atoms with Crippen molar-refractivity contribution in [3.05, 3.63) is 95.8 Å². The Morgan fingerprint density at radius 2 is 1.59 bits per heavy atom. The lowest BCUT2D eigenvalue weighted by Crippen LogP contribution is -2.35. The van der Waals surface area contributed by atoms with Crippen molar-refractivity contribution >= 4 is 21.6 Å². The lowest BCUT2D eigenvalue weighted by molar-refractivity contribution is 0.0954. The molecule has 1 fully saturated rings. The Kier molecular flexibility index (Phi) is 6.72. The number of amides is 1. The molecule has 0 aliphatic carbocycles. The predicted octanol–water partition coefficient (Wildman–Crippen LogP) is 3.44. The number of nitrogens with one attached hydrogen (secondary N) is 1. The molecule has 2 aromatic carbocycles. The zero-order valence-electron chi connectivity index (χ0n) is 17.5. The molecule has 0 spiro atoms. The number of rotatable bonds is 6. The van der Waals surface area contributed by atoms with Crippen molar-refractivity contribution < 1.29 is 13.2 Å². The second kappa shape index (κ2) is 9.84. The molecule has 0 saturated carbocycles. The van der Waals surface area contributed by atoms with Crippen molar-refractivity contribution in [3.63, 3.8) is 0 Å². The minimum absolute atomic E-state index is 0.115. The van der Waals surface area contributed by atoms with Crippen LogP contribution in [0, 0.1) is 0 Å². The third-order valence-electron chi connectivity index (χ3n) is 5.27. The van der Waals surface area contributed by atoms with Gasteiger partial charge in [-0.15, -0.1) is 0 Å². The van der Waals surface area contributed by atoms with Gasteiger partial charge < -0.3 is 0 Å². The zero-order valence-corrected chi connectivity index (χ0v) is 18.3. The number of nitrogens with zero attached hydrogens (tertiary/aromatic N) is 3. The summed E-state index contributed by atoms with van der Waals surface area (Å²) in [6, 6.07) is 20.9. The van der Waals surface area contributed by atoms with E-state index in [1.54, 1.807) is 24.4 Å². The third kappa shape index (κ3) is 4.92. The largest absolute Gasteiger partial charge is 0.271 e. The summed E-state index contributed by atoms with van der Waals surface area (Å²) in [5.41, 5.74) is 4.70. The molecule has 1 aromatic heterocycles. The Labute approximate surface area is 187 Å². The van der Waals surface area contributed by atoms with Gasteiger partial charge in [-0.25, -0.2) is 13.8 Å². The van der Waals surface area contributed by atoms with Crippen LogP contribution in [-0.2, 0) is 10.0 Å². The van der Waals surface area contributed by atoms with Crippen molar-refractivity contribution in [3.8, 4) is 0 Å². The maximum atomic E-state index is 13.0. The number of benzene rings is 2. The average Bonchev–Trinajstić information content (AvgIpc) is 2.86. The van der Waals surface area contributed by atoms with Crippen LogP contribution in [0.25, 0.3) is 0 Å². The number of carbonyl (C=O) groups excluding carboxylic acids is 1. The van der Waals surface area contributed by atoms with Crippen molar-refractivity contribution in [2.45, 2.75) is 24.2 Å². The Balaban J connectivity index is 1.59. The number of sulfonamides is 1. The van der Waals surface area contributed by atoms with E-state index in [0.29, 0.717) is 24.5 Å². The first-order valence-electron chi connectivity index (χ1n) is 10.5. The standard InChI is InChI=1S/C24H24N4O3S/c29-24(20-12-9-13-21(18-20)32(30,31)28-16-7-2-8-17-28)27-26-23(19-10-3-1-4-11-19)22-14-5-6-15-25-22/h1,3-6,9-15,18H,2,7-8,16-17H2,(H,27,29)/b26-23+. The molecule has 4 rings (SSSR count). The third-order valence-corrected chi connectivity index (χ3v) is 7.17. The van der Waals surface area contributed by atoms with Crippen LogP contribution in [0.15, 0.2) is 89.0 Å². The fourth-order valence-electron chi connectivity index (χ4n) is 3.59. The molecule has 164 valence electrons. The van der Waals surface area contributed by atoms with Gasteiger partial charge in [-0.2, -0.15) is 9.41 Å². The Bertz CT molecular complexity index is 1160. The summed E-state index contributed by atoms with van der Waals surface area (Å²) >= 11 is 0. The second-order valence-electron chi connectivity index (χ2n) is 7.47. The van der Waals surface area contributed by atoms with Crippen LogP contribution in [0.1, 0.15) is 40.9 Å². The van der Waals surface area contributed by atoms with Gasteiger partial charge >= 0.3 is 0 Å². The van der Waals surface area contributed by atoms with E-state index in [0.717, 1.165) is 24.8 Å². The van der Waals surface area contributed by atoms with Gasteiger partial charge in [0.25, 0.3) is 5.91 Å². The van der Waals surface area contributed by atoms with Crippen LogP contribution in [0.5, 0.6) is 0 Å². The van der Waals surface area contributed by atoms with E-state index in [1.165, 1.54) is 16.4 Å². The SMILES string of the molecule is O=C(N/N=C(\c1ccccc1)c1ccccn1)c1cccc(S(=O)(=O)N2CCCCC2)c1. The summed E-state index contributed by atoms with van der Waals surface area (Å²) in [6.45, 7) is 1.02. The highest BCUT2D eigenvalue weighted by Crippen LogP contribution is 2.21. The first-order chi connectivity index (χ1) is 15.6. The van der Waals surface area contributed by atoms with Gasteiger partial charge in [-0.3, -0.25) is 9.78 Å². The summed E-state index contributed by atoms with van der Waals surface area (Å²) < 4.78 is 27.4. The number of hydrazone groups is 1. The molecular formula is C24H24N4O3S. The Morgan fingerprint density at radius 1 is 0.875 bits per heavy atom. The van der Waals surface area contributed by atoms with Crippen LogP contribution in [0.2, 0.25) is 0 Å². The van der Waals surface area contributed by atoms with Gasteiger partial charge in [0.1, 0.15) is 5.71 Å². The Morgan fingerprint density at radius 3 is 2.31 bits per heavy atom. The van der Waals surface area contributed by atoms with Gasteiger partial charge in [0.05, 0.1) is 10.6 Å². The highest BCUT2D eigenvalue weighted by Gasteiger charge is 2.26.